The molecule has 180 valence electrons. The second kappa shape index (κ2) is 9.19. The van der Waals surface area contributed by atoms with Gasteiger partial charge in [0.1, 0.15) is 12.2 Å². The summed E-state index contributed by atoms with van der Waals surface area (Å²) in [6.45, 7) is -1.67. The van der Waals surface area contributed by atoms with E-state index in [-0.39, 0.29) is 6.54 Å². The Morgan fingerprint density at radius 3 is 2.32 bits per heavy atom. The van der Waals surface area contributed by atoms with Crippen LogP contribution in [0.2, 0.25) is 0 Å². The topological polar surface area (TPSA) is 242 Å². The number of urea groups is 1. The number of hydrogen-bond donors (Lipinski definition) is 7. The van der Waals surface area contributed by atoms with Crippen molar-refractivity contribution in [3.05, 3.63) is 12.3 Å². The number of nitrogens with one attached hydrogen (secondary N) is 1. The van der Waals surface area contributed by atoms with E-state index in [1.807, 2.05) is 0 Å². The molecular formula is C10H17F2N2O14P3. The van der Waals surface area contributed by atoms with Crippen LogP contribution in [0.3, 0.4) is 0 Å². The standard InChI is InChI=1S/C10H17F2N2O14P3/c11-8(12)10(4-25-30(21,22)28-31(23,24)27-29(18,19)20)6(16)5(15)7(26-10)14-3-1-2-13-9(14)17/h1,3,5-8,15-16H,2,4H2,(H,13,17)(H,21,22)(H,23,24)(H2,18,19,20)/t5-,6+,7-,10-/m1/s1. The molecule has 0 radical (unpaired) electrons. The maximum Gasteiger partial charge on any atom is 0.490 e. The van der Waals surface area contributed by atoms with Gasteiger partial charge in [0.2, 0.25) is 0 Å². The molecule has 2 rings (SSSR count). The molecule has 0 spiro atoms. The number of alkyl halides is 2. The first-order valence-corrected chi connectivity index (χ1v) is 12.3. The Balaban J connectivity index is 2.20. The molecule has 2 unspecified atom stereocenters. The first-order valence-electron chi connectivity index (χ1n) is 7.83. The predicted molar refractivity (Wildman–Crippen MR) is 89.8 cm³/mol. The van der Waals surface area contributed by atoms with E-state index in [0.717, 1.165) is 6.20 Å². The van der Waals surface area contributed by atoms with Crippen molar-refractivity contribution in [3.8, 4) is 0 Å². The summed E-state index contributed by atoms with van der Waals surface area (Å²) >= 11 is 0. The molecule has 1 saturated heterocycles. The van der Waals surface area contributed by atoms with Gasteiger partial charge in [-0.25, -0.2) is 27.3 Å². The van der Waals surface area contributed by atoms with Gasteiger partial charge in [-0.15, -0.1) is 0 Å². The molecule has 0 saturated carbocycles. The fourth-order valence-electron chi connectivity index (χ4n) is 2.55. The van der Waals surface area contributed by atoms with Crippen molar-refractivity contribution in [2.24, 2.45) is 0 Å². The highest BCUT2D eigenvalue weighted by atomic mass is 31.3. The van der Waals surface area contributed by atoms with Gasteiger partial charge in [-0.3, -0.25) is 9.42 Å². The van der Waals surface area contributed by atoms with Crippen molar-refractivity contribution in [1.82, 2.24) is 10.2 Å². The Kier molecular flexibility index (Phi) is 7.83. The Morgan fingerprint density at radius 1 is 1.19 bits per heavy atom. The Bertz CT molecular complexity index is 867. The van der Waals surface area contributed by atoms with Crippen molar-refractivity contribution < 1.29 is 74.9 Å². The molecule has 16 nitrogen and oxygen atoms in total. The van der Waals surface area contributed by atoms with Crippen LogP contribution in [0.15, 0.2) is 12.3 Å². The van der Waals surface area contributed by atoms with E-state index in [1.54, 1.807) is 0 Å². The fraction of sp³-hybridized carbons (Fsp3) is 0.700. The average molecular weight is 520 g/mol. The summed E-state index contributed by atoms with van der Waals surface area (Å²) in [4.78, 5) is 47.8. The lowest BCUT2D eigenvalue weighted by Crippen LogP contribution is -2.52. The minimum Gasteiger partial charge on any atom is -0.387 e. The molecule has 6 atom stereocenters. The van der Waals surface area contributed by atoms with E-state index in [1.165, 1.54) is 6.08 Å². The normalized spacial score (nSPS) is 33.3. The van der Waals surface area contributed by atoms with Crippen LogP contribution in [0.5, 0.6) is 0 Å². The number of ether oxygens (including phenoxy) is 1. The summed E-state index contributed by atoms with van der Waals surface area (Å²) in [5.41, 5.74) is -3.24. The van der Waals surface area contributed by atoms with Crippen LogP contribution in [0.1, 0.15) is 0 Å². The first-order chi connectivity index (χ1) is 14.0. The molecule has 21 heteroatoms. The number of phosphoric acid groups is 3. The number of hydrogen-bond acceptors (Lipinski definition) is 10. The van der Waals surface area contributed by atoms with Crippen LogP contribution in [0.25, 0.3) is 0 Å². The van der Waals surface area contributed by atoms with Crippen molar-refractivity contribution in [2.75, 3.05) is 13.2 Å². The van der Waals surface area contributed by atoms with E-state index in [4.69, 9.17) is 19.4 Å². The van der Waals surface area contributed by atoms with Crippen molar-refractivity contribution in [1.29, 1.82) is 0 Å². The monoisotopic (exact) mass is 520 g/mol. The van der Waals surface area contributed by atoms with E-state index in [2.05, 4.69) is 18.5 Å². The average Bonchev–Trinajstić information content (AvgIpc) is 2.83. The lowest BCUT2D eigenvalue weighted by molar-refractivity contribution is -0.194. The molecule has 0 bridgehead atoms. The van der Waals surface area contributed by atoms with E-state index in [9.17, 15) is 42.4 Å². The zero-order valence-corrected chi connectivity index (χ0v) is 17.6. The summed E-state index contributed by atoms with van der Waals surface area (Å²) in [6, 6.07) is -0.892. The van der Waals surface area contributed by atoms with Gasteiger partial charge in [0.25, 0.3) is 6.43 Å². The number of carbonyl (C=O) groups is 1. The highest BCUT2D eigenvalue weighted by Gasteiger charge is 2.62. The van der Waals surface area contributed by atoms with Crippen molar-refractivity contribution in [2.45, 2.75) is 30.5 Å². The molecule has 0 aromatic rings. The second-order valence-electron chi connectivity index (χ2n) is 6.04. The number of phosphoric ester groups is 1. The van der Waals surface area contributed by atoms with Crippen LogP contribution in [0.4, 0.5) is 13.6 Å². The summed E-state index contributed by atoms with van der Waals surface area (Å²) in [7, 11) is -17.4. The predicted octanol–water partition coefficient (Wildman–Crippen LogP) is -1.05. The van der Waals surface area contributed by atoms with Gasteiger partial charge in [0.05, 0.1) is 6.61 Å². The largest absolute Gasteiger partial charge is 0.490 e. The summed E-state index contributed by atoms with van der Waals surface area (Å²) in [6.07, 6.45) is -7.88. The maximum atomic E-state index is 13.7. The van der Waals surface area contributed by atoms with Gasteiger partial charge in [0, 0.05) is 12.7 Å². The van der Waals surface area contributed by atoms with Crippen LogP contribution in [-0.2, 0) is 31.6 Å². The molecule has 0 aromatic carbocycles. The third kappa shape index (κ3) is 6.36. The summed E-state index contributed by atoms with van der Waals surface area (Å²) in [5.74, 6) is 0. The lowest BCUT2D eigenvalue weighted by atomic mass is 9.96. The first kappa shape index (κ1) is 26.4. The second-order valence-corrected chi connectivity index (χ2v) is 10.5. The zero-order valence-electron chi connectivity index (χ0n) is 14.9. The van der Waals surface area contributed by atoms with Gasteiger partial charge in [-0.1, -0.05) is 0 Å². The molecule has 2 amide bonds. The maximum absolute atomic E-state index is 13.7. The molecule has 2 heterocycles. The molecule has 7 N–H and O–H groups in total. The SMILES string of the molecule is O=C1NCC=CN1[C@@H]1O[C@@](COP(=O)(O)OP(=O)(O)OP(=O)(O)O)(C(F)F)[C@@H](O)[C@H]1O. The Labute approximate surface area is 171 Å². The number of aliphatic hydroxyl groups excluding tert-OH is 2. The van der Waals surface area contributed by atoms with Crippen LogP contribution in [0, 0.1) is 0 Å². The highest BCUT2D eigenvalue weighted by Crippen LogP contribution is 2.66. The molecule has 0 aliphatic carbocycles. The number of nitrogens with zero attached hydrogens (tertiary/aromatic N) is 1. The number of halogens is 2. The minimum atomic E-state index is -5.92. The van der Waals surface area contributed by atoms with E-state index < -0.39 is 66.6 Å². The Hall–Kier alpha value is -0.840. The van der Waals surface area contributed by atoms with Crippen molar-refractivity contribution in [3.63, 3.8) is 0 Å². The molecule has 2 aliphatic rings. The molecular weight excluding hydrogens is 503 g/mol. The van der Waals surface area contributed by atoms with Crippen LogP contribution in [-0.4, -0.2) is 84.3 Å². The summed E-state index contributed by atoms with van der Waals surface area (Å²) < 4.78 is 77.0. The van der Waals surface area contributed by atoms with Crippen LogP contribution >= 0.6 is 23.5 Å². The third-order valence-corrected chi connectivity index (χ3v) is 7.62. The van der Waals surface area contributed by atoms with Gasteiger partial charge in [-0.05, 0) is 6.08 Å². The molecule has 1 fully saturated rings. The quantitative estimate of drug-likeness (QED) is 0.180. The third-order valence-electron chi connectivity index (χ3n) is 3.84. The van der Waals surface area contributed by atoms with Crippen molar-refractivity contribution >= 4 is 29.5 Å². The Morgan fingerprint density at radius 2 is 1.81 bits per heavy atom. The minimum absolute atomic E-state index is 0.0761. The number of amides is 2. The van der Waals surface area contributed by atoms with E-state index >= 15 is 0 Å². The number of rotatable bonds is 9. The zero-order chi connectivity index (χ0) is 23.8. The van der Waals surface area contributed by atoms with Gasteiger partial charge < -0.3 is 39.8 Å². The van der Waals surface area contributed by atoms with Crippen LogP contribution < -0.4 is 5.32 Å². The van der Waals surface area contributed by atoms with Gasteiger partial charge in [-0.2, -0.15) is 8.62 Å². The highest BCUT2D eigenvalue weighted by molar-refractivity contribution is 7.66. The van der Waals surface area contributed by atoms with Gasteiger partial charge in [0.15, 0.2) is 11.8 Å². The molecule has 0 aromatic heterocycles. The lowest BCUT2D eigenvalue weighted by Gasteiger charge is -2.32. The number of aliphatic hydroxyl groups is 2. The number of carbonyl (C=O) groups excluding carboxylic acids is 1. The summed E-state index contributed by atoms with van der Waals surface area (Å²) in [5, 5.41) is 22.4. The smallest absolute Gasteiger partial charge is 0.387 e. The van der Waals surface area contributed by atoms with E-state index in [0.29, 0.717) is 4.90 Å². The fourth-order valence-corrected chi connectivity index (χ4v) is 5.61. The molecule has 2 aliphatic heterocycles. The van der Waals surface area contributed by atoms with Gasteiger partial charge >= 0.3 is 29.5 Å². The molecule has 31 heavy (non-hydrogen) atoms.